The van der Waals surface area contributed by atoms with Gasteiger partial charge in [-0.1, -0.05) is 0 Å². The topological polar surface area (TPSA) is 41.9 Å². The van der Waals surface area contributed by atoms with Crippen molar-refractivity contribution in [1.82, 2.24) is 5.06 Å². The average Bonchev–Trinajstić information content (AvgIpc) is 2.16. The highest BCUT2D eigenvalue weighted by Crippen LogP contribution is 2.24. The first-order chi connectivity index (χ1) is 6.67. The van der Waals surface area contributed by atoms with Crippen molar-refractivity contribution >= 4 is 0 Å². The van der Waals surface area contributed by atoms with Gasteiger partial charge in [0.25, 0.3) is 0 Å². The number of ether oxygens (including phenoxy) is 2. The largest absolute Gasteiger partial charge is 0.497 e. The third-order valence-corrected chi connectivity index (χ3v) is 1.89. The SMILES string of the molecule is COc1ccc(OC)c(CN(C)O)c1. The molecule has 1 aromatic rings. The van der Waals surface area contributed by atoms with Crippen LogP contribution in [-0.4, -0.2) is 31.5 Å². The van der Waals surface area contributed by atoms with Gasteiger partial charge in [-0.15, -0.1) is 0 Å². The smallest absolute Gasteiger partial charge is 0.123 e. The van der Waals surface area contributed by atoms with E-state index in [0.717, 1.165) is 22.1 Å². The Morgan fingerprint density at radius 3 is 2.50 bits per heavy atom. The second kappa shape index (κ2) is 4.83. The summed E-state index contributed by atoms with van der Waals surface area (Å²) in [6.45, 7) is 0.403. The van der Waals surface area contributed by atoms with Crippen LogP contribution in [0.15, 0.2) is 18.2 Å². The molecule has 0 aliphatic carbocycles. The molecule has 0 heterocycles. The van der Waals surface area contributed by atoms with E-state index in [4.69, 9.17) is 14.7 Å². The molecule has 0 bridgehead atoms. The third kappa shape index (κ3) is 2.61. The lowest BCUT2D eigenvalue weighted by molar-refractivity contribution is -0.0735. The molecule has 0 spiro atoms. The van der Waals surface area contributed by atoms with Gasteiger partial charge in [0.15, 0.2) is 0 Å². The molecule has 0 saturated heterocycles. The highest BCUT2D eigenvalue weighted by molar-refractivity contribution is 5.40. The first kappa shape index (κ1) is 10.8. The molecule has 4 heteroatoms. The predicted molar refractivity (Wildman–Crippen MR) is 52.8 cm³/mol. The van der Waals surface area contributed by atoms with Gasteiger partial charge < -0.3 is 14.7 Å². The second-order valence-electron chi connectivity index (χ2n) is 2.99. The van der Waals surface area contributed by atoms with E-state index in [-0.39, 0.29) is 0 Å². The molecule has 0 unspecified atom stereocenters. The van der Waals surface area contributed by atoms with Gasteiger partial charge in [0, 0.05) is 12.6 Å². The van der Waals surface area contributed by atoms with Crippen molar-refractivity contribution in [2.45, 2.75) is 6.54 Å². The summed E-state index contributed by atoms with van der Waals surface area (Å²) in [5.74, 6) is 1.49. The van der Waals surface area contributed by atoms with E-state index in [1.54, 1.807) is 21.3 Å². The molecule has 0 radical (unpaired) electrons. The molecule has 4 nitrogen and oxygen atoms in total. The molecule has 78 valence electrons. The monoisotopic (exact) mass is 197 g/mol. The summed E-state index contributed by atoms with van der Waals surface area (Å²) in [7, 11) is 4.79. The molecule has 0 aromatic heterocycles. The summed E-state index contributed by atoms with van der Waals surface area (Å²) in [4.78, 5) is 0. The summed E-state index contributed by atoms with van der Waals surface area (Å²) >= 11 is 0. The van der Waals surface area contributed by atoms with Gasteiger partial charge in [0.2, 0.25) is 0 Å². The van der Waals surface area contributed by atoms with Gasteiger partial charge in [-0.05, 0) is 18.2 Å². The second-order valence-corrected chi connectivity index (χ2v) is 2.99. The lowest BCUT2D eigenvalue weighted by Crippen LogP contribution is -2.12. The molecular formula is C10H15NO3. The lowest BCUT2D eigenvalue weighted by Gasteiger charge is -2.13. The Labute approximate surface area is 83.6 Å². The Balaban J connectivity index is 2.96. The van der Waals surface area contributed by atoms with E-state index in [0.29, 0.717) is 6.54 Å². The van der Waals surface area contributed by atoms with Crippen molar-refractivity contribution in [1.29, 1.82) is 0 Å². The highest BCUT2D eigenvalue weighted by atomic mass is 16.5. The van der Waals surface area contributed by atoms with Gasteiger partial charge in [0.1, 0.15) is 11.5 Å². The van der Waals surface area contributed by atoms with Gasteiger partial charge in [-0.25, -0.2) is 0 Å². The van der Waals surface area contributed by atoms with Crippen LogP contribution in [-0.2, 0) is 6.54 Å². The third-order valence-electron chi connectivity index (χ3n) is 1.89. The van der Waals surface area contributed by atoms with E-state index in [9.17, 15) is 0 Å². The minimum Gasteiger partial charge on any atom is -0.497 e. The Morgan fingerprint density at radius 2 is 2.00 bits per heavy atom. The van der Waals surface area contributed by atoms with Crippen LogP contribution in [0, 0.1) is 0 Å². The fourth-order valence-corrected chi connectivity index (χ4v) is 1.25. The average molecular weight is 197 g/mol. The van der Waals surface area contributed by atoms with Crippen LogP contribution in [0.4, 0.5) is 0 Å². The van der Waals surface area contributed by atoms with Crippen LogP contribution in [0.3, 0.4) is 0 Å². The van der Waals surface area contributed by atoms with Gasteiger partial charge in [-0.3, -0.25) is 0 Å². The van der Waals surface area contributed by atoms with E-state index in [1.165, 1.54) is 0 Å². The van der Waals surface area contributed by atoms with Crippen molar-refractivity contribution in [3.05, 3.63) is 23.8 Å². The number of methoxy groups -OCH3 is 2. The zero-order valence-corrected chi connectivity index (χ0v) is 8.65. The van der Waals surface area contributed by atoms with Crippen molar-refractivity contribution in [3.63, 3.8) is 0 Å². The van der Waals surface area contributed by atoms with Crippen LogP contribution in [0.2, 0.25) is 0 Å². The first-order valence-corrected chi connectivity index (χ1v) is 4.28. The fraction of sp³-hybridized carbons (Fsp3) is 0.400. The van der Waals surface area contributed by atoms with Gasteiger partial charge in [0.05, 0.1) is 20.8 Å². The van der Waals surface area contributed by atoms with Crippen LogP contribution >= 0.6 is 0 Å². The summed E-state index contributed by atoms with van der Waals surface area (Å²) in [6.07, 6.45) is 0. The number of hydrogen-bond donors (Lipinski definition) is 1. The number of hydrogen-bond acceptors (Lipinski definition) is 4. The zero-order chi connectivity index (χ0) is 10.6. The standard InChI is InChI=1S/C10H15NO3/c1-11(12)7-8-6-9(13-2)4-5-10(8)14-3/h4-6,12H,7H2,1-3H3. The molecule has 14 heavy (non-hydrogen) atoms. The maximum atomic E-state index is 9.13. The summed E-state index contributed by atoms with van der Waals surface area (Å²) in [5.41, 5.74) is 0.886. The van der Waals surface area contributed by atoms with Crippen molar-refractivity contribution in [2.75, 3.05) is 21.3 Å². The van der Waals surface area contributed by atoms with E-state index in [2.05, 4.69) is 0 Å². The molecule has 0 atom stereocenters. The molecule has 0 saturated carbocycles. The van der Waals surface area contributed by atoms with Gasteiger partial charge in [-0.2, -0.15) is 5.06 Å². The summed E-state index contributed by atoms with van der Waals surface area (Å²) < 4.78 is 10.2. The molecule has 1 aromatic carbocycles. The minimum atomic E-state index is 0.403. The molecule has 0 aliphatic heterocycles. The van der Waals surface area contributed by atoms with E-state index in [1.807, 2.05) is 18.2 Å². The number of nitrogens with zero attached hydrogens (tertiary/aromatic N) is 1. The quantitative estimate of drug-likeness (QED) is 0.743. The lowest BCUT2D eigenvalue weighted by atomic mass is 10.2. The van der Waals surface area contributed by atoms with Crippen LogP contribution < -0.4 is 9.47 Å². The van der Waals surface area contributed by atoms with Crippen molar-refractivity contribution < 1.29 is 14.7 Å². The van der Waals surface area contributed by atoms with Gasteiger partial charge >= 0.3 is 0 Å². The number of benzene rings is 1. The zero-order valence-electron chi connectivity index (χ0n) is 8.65. The minimum absolute atomic E-state index is 0.403. The molecule has 1 rings (SSSR count). The molecular weight excluding hydrogens is 182 g/mol. The molecule has 0 amide bonds. The Hall–Kier alpha value is -1.26. The van der Waals surface area contributed by atoms with Crippen LogP contribution in [0.25, 0.3) is 0 Å². The predicted octanol–water partition coefficient (Wildman–Crippen LogP) is 1.52. The molecule has 1 N–H and O–H groups in total. The van der Waals surface area contributed by atoms with Crippen LogP contribution in [0.5, 0.6) is 11.5 Å². The Morgan fingerprint density at radius 1 is 1.29 bits per heavy atom. The van der Waals surface area contributed by atoms with Crippen molar-refractivity contribution in [2.24, 2.45) is 0 Å². The normalized spacial score (nSPS) is 10.4. The van der Waals surface area contributed by atoms with Crippen molar-refractivity contribution in [3.8, 4) is 11.5 Å². The Bertz CT molecular complexity index is 299. The maximum Gasteiger partial charge on any atom is 0.123 e. The molecule has 0 aliphatic rings. The molecule has 0 fully saturated rings. The number of rotatable bonds is 4. The maximum absolute atomic E-state index is 9.13. The van der Waals surface area contributed by atoms with E-state index < -0.39 is 0 Å². The summed E-state index contributed by atoms with van der Waals surface area (Å²) in [5, 5.41) is 10.2. The first-order valence-electron chi connectivity index (χ1n) is 4.28. The summed E-state index contributed by atoms with van der Waals surface area (Å²) in [6, 6.07) is 5.48. The highest BCUT2D eigenvalue weighted by Gasteiger charge is 2.06. The van der Waals surface area contributed by atoms with E-state index >= 15 is 0 Å². The Kier molecular flexibility index (Phi) is 3.73. The number of hydroxylamine groups is 2. The fourth-order valence-electron chi connectivity index (χ4n) is 1.25. The van der Waals surface area contributed by atoms with Crippen LogP contribution in [0.1, 0.15) is 5.56 Å².